The van der Waals surface area contributed by atoms with Crippen molar-refractivity contribution in [3.8, 4) is 5.75 Å². The lowest BCUT2D eigenvalue weighted by molar-refractivity contribution is 0.102. The number of rotatable bonds is 2. The van der Waals surface area contributed by atoms with Gasteiger partial charge in [0.2, 0.25) is 0 Å². The zero-order valence-corrected chi connectivity index (χ0v) is 8.51. The summed E-state index contributed by atoms with van der Waals surface area (Å²) in [6, 6.07) is 15.0. The summed E-state index contributed by atoms with van der Waals surface area (Å²) in [6.07, 6.45) is 0. The molecule has 0 aliphatic heterocycles. The van der Waals surface area contributed by atoms with Crippen LogP contribution >= 0.6 is 0 Å². The van der Waals surface area contributed by atoms with Crippen molar-refractivity contribution in [2.75, 3.05) is 5.32 Å². The first-order valence-electron chi connectivity index (χ1n) is 4.89. The molecule has 1 amide bonds. The molecule has 0 atom stereocenters. The summed E-state index contributed by atoms with van der Waals surface area (Å²) in [5.74, 6) is -0.317. The van der Waals surface area contributed by atoms with Gasteiger partial charge in [0, 0.05) is 11.3 Å². The molecule has 0 saturated heterocycles. The van der Waals surface area contributed by atoms with Gasteiger partial charge in [-0.15, -0.1) is 0 Å². The van der Waals surface area contributed by atoms with Crippen molar-refractivity contribution in [3.63, 3.8) is 0 Å². The smallest absolute Gasteiger partial charge is 0.255 e. The predicted octanol–water partition coefficient (Wildman–Crippen LogP) is 3.08. The van der Waals surface area contributed by atoms with Crippen LogP contribution in [0.1, 0.15) is 10.4 Å². The van der Waals surface area contributed by atoms with Gasteiger partial charge in [-0.1, -0.05) is 18.2 Å². The molecule has 0 heterocycles. The number of nitrogens with one attached hydrogen (secondary N) is 1. The Kier molecular flexibility index (Phi) is 2.87. The molecule has 79 valence electrons. The maximum Gasteiger partial charge on any atom is 0.255 e. The first-order valence-corrected chi connectivity index (χ1v) is 4.89. The monoisotopic (exact) mass is 212 g/mol. The highest BCUT2D eigenvalue weighted by molar-refractivity contribution is 6.04. The van der Waals surface area contributed by atoms with E-state index >= 15 is 0 Å². The molecule has 3 nitrogen and oxygen atoms in total. The molecule has 0 aromatic heterocycles. The number of amides is 1. The minimum absolute atomic E-state index is 0.101. The summed E-state index contributed by atoms with van der Waals surface area (Å²) in [4.78, 5) is 11.7. The Morgan fingerprint density at radius 2 is 1.50 bits per heavy atom. The van der Waals surface area contributed by atoms with Gasteiger partial charge in [0.15, 0.2) is 5.75 Å². The quantitative estimate of drug-likeness (QED) is 0.817. The average molecular weight is 212 g/mol. The van der Waals surface area contributed by atoms with Crippen molar-refractivity contribution >= 4 is 11.6 Å². The van der Waals surface area contributed by atoms with Gasteiger partial charge in [0.25, 0.3) is 5.91 Å². The SMILES string of the molecule is [O]c1ccc(C(=O)Nc2ccccc2)cc1. The second-order valence-corrected chi connectivity index (χ2v) is 3.34. The van der Waals surface area contributed by atoms with E-state index in [0.717, 1.165) is 5.69 Å². The fourth-order valence-corrected chi connectivity index (χ4v) is 1.33. The van der Waals surface area contributed by atoms with E-state index in [1.165, 1.54) is 24.3 Å². The fraction of sp³-hybridized carbons (Fsp3) is 0. The van der Waals surface area contributed by atoms with Gasteiger partial charge in [-0.3, -0.25) is 9.90 Å². The van der Waals surface area contributed by atoms with Gasteiger partial charge in [-0.2, -0.15) is 0 Å². The van der Waals surface area contributed by atoms with Crippen molar-refractivity contribution < 1.29 is 9.90 Å². The molecule has 0 aliphatic rings. The maximum absolute atomic E-state index is 11.7. The Balaban J connectivity index is 2.12. The Labute approximate surface area is 93.4 Å². The predicted molar refractivity (Wildman–Crippen MR) is 61.0 cm³/mol. The number of benzene rings is 2. The Hall–Kier alpha value is -2.29. The number of hydrogen-bond donors (Lipinski definition) is 1. The minimum atomic E-state index is -0.216. The van der Waals surface area contributed by atoms with Gasteiger partial charge < -0.3 is 5.32 Å². The summed E-state index contributed by atoms with van der Waals surface area (Å²) in [5.41, 5.74) is 1.21. The first kappa shape index (κ1) is 10.2. The highest BCUT2D eigenvalue weighted by Crippen LogP contribution is 2.12. The summed E-state index contributed by atoms with van der Waals surface area (Å²) >= 11 is 0. The van der Waals surface area contributed by atoms with E-state index in [-0.39, 0.29) is 11.7 Å². The van der Waals surface area contributed by atoms with Crippen molar-refractivity contribution in [2.24, 2.45) is 0 Å². The van der Waals surface area contributed by atoms with Gasteiger partial charge in [0.1, 0.15) is 0 Å². The van der Waals surface area contributed by atoms with Crippen molar-refractivity contribution in [2.45, 2.75) is 0 Å². The molecule has 0 fully saturated rings. The van der Waals surface area contributed by atoms with Gasteiger partial charge in [-0.25, -0.2) is 0 Å². The third kappa shape index (κ3) is 2.39. The number of carbonyl (C=O) groups excluding carboxylic acids is 1. The molecular formula is C13H10NO2. The second-order valence-electron chi connectivity index (χ2n) is 3.34. The second kappa shape index (κ2) is 4.49. The van der Waals surface area contributed by atoms with Crippen LogP contribution in [0, 0.1) is 0 Å². The lowest BCUT2D eigenvalue weighted by atomic mass is 10.2. The zero-order chi connectivity index (χ0) is 11.4. The van der Waals surface area contributed by atoms with Crippen LogP contribution in [0.5, 0.6) is 5.75 Å². The molecule has 0 aliphatic carbocycles. The molecule has 0 unspecified atom stereocenters. The molecule has 3 heteroatoms. The maximum atomic E-state index is 11.7. The Bertz CT molecular complexity index is 477. The number of anilines is 1. The van der Waals surface area contributed by atoms with Crippen LogP contribution in [0.4, 0.5) is 5.69 Å². The summed E-state index contributed by atoms with van der Waals surface area (Å²) < 4.78 is 0. The first-order chi connectivity index (χ1) is 7.75. The lowest BCUT2D eigenvalue weighted by Gasteiger charge is -2.04. The largest absolute Gasteiger partial charge is 0.322 e. The van der Waals surface area contributed by atoms with Crippen LogP contribution in [0.3, 0.4) is 0 Å². The van der Waals surface area contributed by atoms with Crippen LogP contribution in [0.2, 0.25) is 0 Å². The van der Waals surface area contributed by atoms with Crippen LogP contribution in [-0.2, 0) is 5.11 Å². The van der Waals surface area contributed by atoms with Crippen LogP contribution in [0.25, 0.3) is 0 Å². The summed E-state index contributed by atoms with van der Waals surface area (Å²) in [6.45, 7) is 0. The third-order valence-electron chi connectivity index (χ3n) is 2.15. The van der Waals surface area contributed by atoms with E-state index < -0.39 is 0 Å². The normalized spacial score (nSPS) is 9.75. The topological polar surface area (TPSA) is 49.0 Å². The highest BCUT2D eigenvalue weighted by Gasteiger charge is 2.05. The van der Waals surface area contributed by atoms with E-state index in [0.29, 0.717) is 5.56 Å². The highest BCUT2D eigenvalue weighted by atomic mass is 16.3. The number of hydrogen-bond acceptors (Lipinski definition) is 1. The Morgan fingerprint density at radius 1 is 0.875 bits per heavy atom. The molecule has 0 saturated carbocycles. The van der Waals surface area contributed by atoms with Gasteiger partial charge in [0.05, 0.1) is 0 Å². The lowest BCUT2D eigenvalue weighted by Crippen LogP contribution is -2.11. The molecule has 0 spiro atoms. The molecular weight excluding hydrogens is 202 g/mol. The molecule has 2 aromatic carbocycles. The molecule has 2 rings (SSSR count). The average Bonchev–Trinajstić information content (AvgIpc) is 2.31. The number of carbonyl (C=O) groups is 1. The van der Waals surface area contributed by atoms with E-state index in [4.69, 9.17) is 0 Å². The summed E-state index contributed by atoms with van der Waals surface area (Å²) in [7, 11) is 0. The standard InChI is InChI=1S/C13H10NO2/c15-12-8-6-10(7-9-12)13(16)14-11-4-2-1-3-5-11/h1-9H,(H,14,16). The zero-order valence-electron chi connectivity index (χ0n) is 8.51. The van der Waals surface area contributed by atoms with Crippen molar-refractivity contribution in [1.82, 2.24) is 0 Å². The van der Waals surface area contributed by atoms with Crippen LogP contribution < -0.4 is 5.32 Å². The van der Waals surface area contributed by atoms with Crippen LogP contribution in [-0.4, -0.2) is 5.91 Å². The van der Waals surface area contributed by atoms with Crippen molar-refractivity contribution in [3.05, 3.63) is 60.2 Å². The molecule has 16 heavy (non-hydrogen) atoms. The molecule has 1 radical (unpaired) electrons. The molecule has 0 bridgehead atoms. The third-order valence-corrected chi connectivity index (χ3v) is 2.15. The van der Waals surface area contributed by atoms with Crippen molar-refractivity contribution in [1.29, 1.82) is 0 Å². The van der Waals surface area contributed by atoms with E-state index in [1.807, 2.05) is 18.2 Å². The van der Waals surface area contributed by atoms with E-state index in [1.54, 1.807) is 12.1 Å². The van der Waals surface area contributed by atoms with E-state index in [9.17, 15) is 9.90 Å². The molecule has 2 aromatic rings. The van der Waals surface area contributed by atoms with Crippen LogP contribution in [0.15, 0.2) is 54.6 Å². The van der Waals surface area contributed by atoms with Gasteiger partial charge >= 0.3 is 0 Å². The number of para-hydroxylation sites is 1. The minimum Gasteiger partial charge on any atom is -0.322 e. The van der Waals surface area contributed by atoms with Gasteiger partial charge in [-0.05, 0) is 36.4 Å². The molecule has 1 N–H and O–H groups in total. The summed E-state index contributed by atoms with van der Waals surface area (Å²) in [5, 5.41) is 13.6. The Morgan fingerprint density at radius 3 is 2.12 bits per heavy atom. The fourth-order valence-electron chi connectivity index (χ4n) is 1.33. The van der Waals surface area contributed by atoms with E-state index in [2.05, 4.69) is 5.32 Å².